The van der Waals surface area contributed by atoms with Gasteiger partial charge in [-0.3, -0.25) is 0 Å². The summed E-state index contributed by atoms with van der Waals surface area (Å²) in [5, 5.41) is 9.65. The highest BCUT2D eigenvalue weighted by atomic mass is 16.5. The monoisotopic (exact) mass is 419 g/mol. The molecular weight excluding hydrogens is 386 g/mol. The Hall–Kier alpha value is -2.80. The van der Waals surface area contributed by atoms with Gasteiger partial charge in [0, 0.05) is 0 Å². The van der Waals surface area contributed by atoms with Gasteiger partial charge < -0.3 is 9.47 Å². The second kappa shape index (κ2) is 11.0. The van der Waals surface area contributed by atoms with Crippen molar-refractivity contribution < 1.29 is 14.3 Å². The maximum absolute atomic E-state index is 12.7. The highest BCUT2D eigenvalue weighted by molar-refractivity contribution is 5.82. The number of esters is 1. The summed E-state index contributed by atoms with van der Waals surface area (Å²) in [5.74, 6) is 1.31. The molecule has 4 nitrogen and oxygen atoms in total. The average molecular weight is 420 g/mol. The van der Waals surface area contributed by atoms with Crippen molar-refractivity contribution in [3.8, 4) is 28.7 Å². The van der Waals surface area contributed by atoms with Crippen LogP contribution in [0.5, 0.6) is 11.5 Å². The summed E-state index contributed by atoms with van der Waals surface area (Å²) < 4.78 is 11.4. The quantitative estimate of drug-likeness (QED) is 0.251. The van der Waals surface area contributed by atoms with Crippen LogP contribution in [0.25, 0.3) is 11.1 Å². The minimum Gasteiger partial charge on any atom is -0.494 e. The van der Waals surface area contributed by atoms with E-state index in [1.54, 1.807) is 12.1 Å². The molecule has 1 fully saturated rings. The first-order valence-electron chi connectivity index (χ1n) is 11.5. The molecule has 0 aliphatic heterocycles. The third-order valence-corrected chi connectivity index (χ3v) is 6.12. The summed E-state index contributed by atoms with van der Waals surface area (Å²) in [6, 6.07) is 17.8. The number of ether oxygens (including phenoxy) is 2. The molecular formula is C27H33NO3. The van der Waals surface area contributed by atoms with Gasteiger partial charge >= 0.3 is 5.97 Å². The van der Waals surface area contributed by atoms with Crippen LogP contribution >= 0.6 is 0 Å². The van der Waals surface area contributed by atoms with E-state index in [0.29, 0.717) is 24.5 Å². The standard InChI is InChI=1S/C27H33NO3/c1-3-4-5-6-18-30-24-13-9-22(10-14-24)23-11-15-25(16-12-23)31-26(29)27(20-28)17-7-8-21(2)19-27/h9-16,21H,3-8,17-19H2,1-2H3. The lowest BCUT2D eigenvalue weighted by atomic mass is 9.71. The zero-order valence-electron chi connectivity index (χ0n) is 18.7. The highest BCUT2D eigenvalue weighted by Gasteiger charge is 2.43. The molecule has 164 valence electrons. The van der Waals surface area contributed by atoms with Gasteiger partial charge in [0.25, 0.3) is 0 Å². The molecule has 1 aliphatic rings. The second-order valence-corrected chi connectivity index (χ2v) is 8.74. The smallest absolute Gasteiger partial charge is 0.331 e. The van der Waals surface area contributed by atoms with E-state index in [-0.39, 0.29) is 0 Å². The van der Waals surface area contributed by atoms with Crippen LogP contribution in [-0.4, -0.2) is 12.6 Å². The lowest BCUT2D eigenvalue weighted by molar-refractivity contribution is -0.144. The Labute approximate surface area is 186 Å². The van der Waals surface area contributed by atoms with Crippen LogP contribution in [0.2, 0.25) is 0 Å². The third-order valence-electron chi connectivity index (χ3n) is 6.12. The molecule has 0 spiro atoms. The van der Waals surface area contributed by atoms with Crippen LogP contribution in [0.1, 0.15) is 65.2 Å². The van der Waals surface area contributed by atoms with E-state index in [4.69, 9.17) is 9.47 Å². The van der Waals surface area contributed by atoms with Crippen LogP contribution in [0.4, 0.5) is 0 Å². The molecule has 31 heavy (non-hydrogen) atoms. The minimum absolute atomic E-state index is 0.367. The highest BCUT2D eigenvalue weighted by Crippen LogP contribution is 2.40. The minimum atomic E-state index is -1.01. The van der Waals surface area contributed by atoms with Crippen LogP contribution in [0.15, 0.2) is 48.5 Å². The third kappa shape index (κ3) is 6.10. The molecule has 0 heterocycles. The largest absolute Gasteiger partial charge is 0.494 e. The van der Waals surface area contributed by atoms with Crippen LogP contribution < -0.4 is 9.47 Å². The van der Waals surface area contributed by atoms with Gasteiger partial charge in [-0.1, -0.05) is 70.2 Å². The Morgan fingerprint density at radius 1 is 1.03 bits per heavy atom. The first-order valence-corrected chi connectivity index (χ1v) is 11.5. The number of carbonyl (C=O) groups excluding carboxylic acids is 1. The summed E-state index contributed by atoms with van der Waals surface area (Å²) in [6.45, 7) is 5.05. The van der Waals surface area contributed by atoms with Crippen LogP contribution in [-0.2, 0) is 4.79 Å². The zero-order chi connectivity index (χ0) is 22.1. The van der Waals surface area contributed by atoms with E-state index in [2.05, 4.69) is 19.9 Å². The van der Waals surface area contributed by atoms with Gasteiger partial charge in [0.1, 0.15) is 11.5 Å². The Morgan fingerprint density at radius 3 is 2.26 bits per heavy atom. The number of nitriles is 1. The fourth-order valence-corrected chi connectivity index (χ4v) is 4.27. The van der Waals surface area contributed by atoms with E-state index in [9.17, 15) is 10.1 Å². The Balaban J connectivity index is 1.57. The van der Waals surface area contributed by atoms with Crippen molar-refractivity contribution in [1.29, 1.82) is 5.26 Å². The Morgan fingerprint density at radius 2 is 1.68 bits per heavy atom. The van der Waals surface area contributed by atoms with Crippen molar-refractivity contribution in [3.05, 3.63) is 48.5 Å². The van der Waals surface area contributed by atoms with Crippen molar-refractivity contribution in [2.75, 3.05) is 6.61 Å². The van der Waals surface area contributed by atoms with Crippen molar-refractivity contribution in [3.63, 3.8) is 0 Å². The molecule has 0 radical (unpaired) electrons. The summed E-state index contributed by atoms with van der Waals surface area (Å²) in [4.78, 5) is 12.7. The molecule has 0 amide bonds. The number of carbonyl (C=O) groups is 1. The molecule has 1 saturated carbocycles. The van der Waals surface area contributed by atoms with Crippen molar-refractivity contribution >= 4 is 5.97 Å². The lowest BCUT2D eigenvalue weighted by Gasteiger charge is -2.31. The van der Waals surface area contributed by atoms with Crippen molar-refractivity contribution in [2.24, 2.45) is 11.3 Å². The summed E-state index contributed by atoms with van der Waals surface area (Å²) in [7, 11) is 0. The first kappa shape index (κ1) is 22.9. The van der Waals surface area contributed by atoms with E-state index >= 15 is 0 Å². The molecule has 0 aromatic heterocycles. The predicted molar refractivity (Wildman–Crippen MR) is 123 cm³/mol. The van der Waals surface area contributed by atoms with Crippen LogP contribution in [0.3, 0.4) is 0 Å². The Bertz CT molecular complexity index is 882. The Kier molecular flexibility index (Phi) is 8.12. The summed E-state index contributed by atoms with van der Waals surface area (Å²) >= 11 is 0. The fraction of sp³-hybridized carbons (Fsp3) is 0.481. The van der Waals surface area contributed by atoms with E-state index in [1.165, 1.54) is 19.3 Å². The van der Waals surface area contributed by atoms with Gasteiger partial charge in [0.05, 0.1) is 12.7 Å². The lowest BCUT2D eigenvalue weighted by Crippen LogP contribution is -2.37. The fourth-order valence-electron chi connectivity index (χ4n) is 4.27. The van der Waals surface area contributed by atoms with E-state index < -0.39 is 11.4 Å². The number of hydrogen-bond acceptors (Lipinski definition) is 4. The van der Waals surface area contributed by atoms with Gasteiger partial charge in [0.15, 0.2) is 5.41 Å². The first-order chi connectivity index (χ1) is 15.1. The van der Waals surface area contributed by atoms with Crippen molar-refractivity contribution in [2.45, 2.75) is 65.2 Å². The van der Waals surface area contributed by atoms with Gasteiger partial charge in [-0.25, -0.2) is 4.79 Å². The molecule has 2 unspecified atom stereocenters. The maximum Gasteiger partial charge on any atom is 0.331 e. The van der Waals surface area contributed by atoms with Crippen LogP contribution in [0, 0.1) is 22.7 Å². The zero-order valence-corrected chi connectivity index (χ0v) is 18.7. The molecule has 2 atom stereocenters. The number of unbranched alkanes of at least 4 members (excludes halogenated alkanes) is 3. The van der Waals surface area contributed by atoms with Gasteiger partial charge in [-0.15, -0.1) is 0 Å². The average Bonchev–Trinajstić information content (AvgIpc) is 2.80. The number of benzene rings is 2. The molecule has 0 N–H and O–H groups in total. The SMILES string of the molecule is CCCCCCOc1ccc(-c2ccc(OC(=O)C3(C#N)CCCC(C)C3)cc2)cc1. The summed E-state index contributed by atoms with van der Waals surface area (Å²) in [6.07, 6.45) is 7.89. The van der Waals surface area contributed by atoms with Gasteiger partial charge in [-0.05, 0) is 60.6 Å². The van der Waals surface area contributed by atoms with E-state index in [0.717, 1.165) is 42.7 Å². The number of hydrogen-bond donors (Lipinski definition) is 0. The molecule has 4 heteroatoms. The summed E-state index contributed by atoms with van der Waals surface area (Å²) in [5.41, 5.74) is 1.10. The molecule has 1 aliphatic carbocycles. The maximum atomic E-state index is 12.7. The number of rotatable bonds is 9. The molecule has 2 aromatic carbocycles. The molecule has 0 saturated heterocycles. The number of nitrogens with zero attached hydrogens (tertiary/aromatic N) is 1. The van der Waals surface area contributed by atoms with Gasteiger partial charge in [-0.2, -0.15) is 5.26 Å². The van der Waals surface area contributed by atoms with E-state index in [1.807, 2.05) is 36.4 Å². The predicted octanol–water partition coefficient (Wildman–Crippen LogP) is 6.94. The van der Waals surface area contributed by atoms with Gasteiger partial charge in [0.2, 0.25) is 0 Å². The normalized spacial score (nSPS) is 20.6. The molecule has 2 aromatic rings. The van der Waals surface area contributed by atoms with Crippen molar-refractivity contribution in [1.82, 2.24) is 0 Å². The molecule has 0 bridgehead atoms. The molecule has 3 rings (SSSR count). The second-order valence-electron chi connectivity index (χ2n) is 8.74. The topological polar surface area (TPSA) is 59.3 Å².